The maximum absolute atomic E-state index is 12.2. The Balaban J connectivity index is 1.44. The van der Waals surface area contributed by atoms with Crippen LogP contribution in [0.2, 0.25) is 0 Å². The normalized spacial score (nSPS) is 11.0. The van der Waals surface area contributed by atoms with Crippen LogP contribution in [0.1, 0.15) is 121 Å². The lowest BCUT2D eigenvalue weighted by atomic mass is 10.0. The van der Waals surface area contributed by atoms with Crippen molar-refractivity contribution < 1.29 is 4.79 Å². The number of aryl methyl sites for hydroxylation is 1. The van der Waals surface area contributed by atoms with Crippen molar-refractivity contribution in [2.75, 3.05) is 0 Å². The van der Waals surface area contributed by atoms with E-state index < -0.39 is 0 Å². The molecule has 0 unspecified atom stereocenters. The van der Waals surface area contributed by atoms with Crippen LogP contribution in [-0.2, 0) is 11.3 Å². The predicted octanol–water partition coefficient (Wildman–Crippen LogP) is 8.33. The fourth-order valence-electron chi connectivity index (χ4n) is 4.35. The zero-order chi connectivity index (χ0) is 24.3. The van der Waals surface area contributed by atoms with Crippen LogP contribution in [0, 0.1) is 6.92 Å². The van der Waals surface area contributed by atoms with E-state index in [-0.39, 0.29) is 5.91 Å². The second kappa shape index (κ2) is 18.1. The minimum Gasteiger partial charge on any atom is -0.352 e. The van der Waals surface area contributed by atoms with Crippen LogP contribution in [0.25, 0.3) is 11.4 Å². The third-order valence-electron chi connectivity index (χ3n) is 6.50. The minimum atomic E-state index is 0.140. The van der Waals surface area contributed by atoms with Gasteiger partial charge in [-0.1, -0.05) is 96.8 Å². The number of carbonyl (C=O) groups is 1. The molecule has 2 aromatic heterocycles. The third-order valence-corrected chi connectivity index (χ3v) is 6.50. The van der Waals surface area contributed by atoms with Gasteiger partial charge >= 0.3 is 0 Å². The van der Waals surface area contributed by atoms with E-state index in [1.54, 1.807) is 12.4 Å². The summed E-state index contributed by atoms with van der Waals surface area (Å²) in [6, 6.07) is 7.97. The molecule has 0 saturated carbocycles. The lowest BCUT2D eigenvalue weighted by Crippen LogP contribution is -2.22. The van der Waals surface area contributed by atoms with Gasteiger partial charge in [0.05, 0.1) is 11.4 Å². The fourth-order valence-corrected chi connectivity index (χ4v) is 4.35. The third kappa shape index (κ3) is 12.9. The van der Waals surface area contributed by atoms with Crippen molar-refractivity contribution in [3.05, 3.63) is 47.8 Å². The van der Waals surface area contributed by atoms with Crippen molar-refractivity contribution in [2.45, 2.75) is 123 Å². The first kappa shape index (κ1) is 28.0. The number of hydrogen-bond donors (Lipinski definition) is 1. The molecule has 4 nitrogen and oxygen atoms in total. The monoisotopic (exact) mass is 465 g/mol. The molecule has 2 heterocycles. The number of unbranched alkanes of at least 4 members (excludes halogenated alkanes) is 14. The van der Waals surface area contributed by atoms with E-state index in [2.05, 4.69) is 22.2 Å². The number of carbonyl (C=O) groups excluding carboxylic acids is 1. The molecule has 0 aliphatic rings. The number of rotatable bonds is 19. The minimum absolute atomic E-state index is 0.140. The average Bonchev–Trinajstić information content (AvgIpc) is 2.85. The number of pyridine rings is 2. The van der Waals surface area contributed by atoms with Crippen LogP contribution in [0.15, 0.2) is 36.7 Å². The maximum Gasteiger partial charge on any atom is 0.220 e. The Hall–Kier alpha value is -2.23. The van der Waals surface area contributed by atoms with Crippen LogP contribution in [0.3, 0.4) is 0 Å². The predicted molar refractivity (Wildman–Crippen MR) is 144 cm³/mol. The molecule has 0 fully saturated rings. The molecule has 0 bridgehead atoms. The van der Waals surface area contributed by atoms with Crippen molar-refractivity contribution in [2.24, 2.45) is 0 Å². The SMILES string of the molecule is CCCCCCCCCCCCCCCCCC(=O)NCc1ccnc(-c2cc(C)ccn2)c1. The summed E-state index contributed by atoms with van der Waals surface area (Å²) in [6.45, 7) is 4.87. The summed E-state index contributed by atoms with van der Waals surface area (Å²) in [7, 11) is 0. The number of amides is 1. The van der Waals surface area contributed by atoms with Gasteiger partial charge in [-0.2, -0.15) is 0 Å². The first-order valence-corrected chi connectivity index (χ1v) is 13.8. The summed E-state index contributed by atoms with van der Waals surface area (Å²) in [5.74, 6) is 0.140. The Kier molecular flexibility index (Phi) is 14.9. The van der Waals surface area contributed by atoms with Gasteiger partial charge < -0.3 is 5.32 Å². The van der Waals surface area contributed by atoms with Gasteiger partial charge in [0.2, 0.25) is 5.91 Å². The number of nitrogens with zero attached hydrogens (tertiary/aromatic N) is 2. The van der Waals surface area contributed by atoms with Gasteiger partial charge in [0.1, 0.15) is 0 Å². The molecule has 0 aliphatic heterocycles. The molecule has 0 aliphatic carbocycles. The molecule has 1 N–H and O–H groups in total. The van der Waals surface area contributed by atoms with Crippen LogP contribution < -0.4 is 5.32 Å². The number of aromatic nitrogens is 2. The van der Waals surface area contributed by atoms with Gasteiger partial charge in [0.25, 0.3) is 0 Å². The van der Waals surface area contributed by atoms with Crippen molar-refractivity contribution in [3.63, 3.8) is 0 Å². The summed E-state index contributed by atoms with van der Waals surface area (Å²) < 4.78 is 0. The summed E-state index contributed by atoms with van der Waals surface area (Å²) in [6.07, 6.45) is 24.3. The van der Waals surface area contributed by atoms with E-state index in [0.29, 0.717) is 13.0 Å². The molecule has 2 aromatic rings. The van der Waals surface area contributed by atoms with E-state index in [1.165, 1.54) is 83.5 Å². The molecule has 4 heteroatoms. The molecule has 188 valence electrons. The lowest BCUT2D eigenvalue weighted by molar-refractivity contribution is -0.121. The topological polar surface area (TPSA) is 54.9 Å². The fraction of sp³-hybridized carbons (Fsp3) is 0.633. The highest BCUT2D eigenvalue weighted by Crippen LogP contribution is 2.17. The van der Waals surface area contributed by atoms with Crippen molar-refractivity contribution in [3.8, 4) is 11.4 Å². The Labute approximate surface area is 208 Å². The Morgan fingerprint density at radius 2 is 1.21 bits per heavy atom. The highest BCUT2D eigenvalue weighted by atomic mass is 16.1. The van der Waals surface area contributed by atoms with Gasteiger partial charge in [-0.25, -0.2) is 0 Å². The van der Waals surface area contributed by atoms with E-state index in [0.717, 1.165) is 35.4 Å². The van der Waals surface area contributed by atoms with Crippen LogP contribution in [0.5, 0.6) is 0 Å². The van der Waals surface area contributed by atoms with Crippen molar-refractivity contribution in [1.82, 2.24) is 15.3 Å². The molecule has 2 rings (SSSR count). The standard InChI is InChI=1S/C30H47N3O/c1-3-4-5-6-7-8-9-10-11-12-13-14-15-16-17-18-30(34)33-25-27-20-22-32-29(24-27)28-23-26(2)19-21-31-28/h19-24H,3-18,25H2,1-2H3,(H,33,34). The molecule has 0 radical (unpaired) electrons. The van der Waals surface area contributed by atoms with Gasteiger partial charge in [0.15, 0.2) is 0 Å². The lowest BCUT2D eigenvalue weighted by Gasteiger charge is -2.07. The quantitative estimate of drug-likeness (QED) is 0.212. The van der Waals surface area contributed by atoms with Crippen molar-refractivity contribution in [1.29, 1.82) is 0 Å². The summed E-state index contributed by atoms with van der Waals surface area (Å²) in [4.78, 5) is 21.0. The first-order valence-electron chi connectivity index (χ1n) is 13.8. The molecule has 0 saturated heterocycles. The largest absolute Gasteiger partial charge is 0.352 e. The van der Waals surface area contributed by atoms with Gasteiger partial charge in [-0.3, -0.25) is 14.8 Å². The number of hydrogen-bond acceptors (Lipinski definition) is 3. The average molecular weight is 466 g/mol. The smallest absolute Gasteiger partial charge is 0.220 e. The van der Waals surface area contributed by atoms with Crippen LogP contribution >= 0.6 is 0 Å². The molecule has 0 spiro atoms. The van der Waals surface area contributed by atoms with E-state index in [9.17, 15) is 4.79 Å². The molecule has 1 amide bonds. The van der Waals surface area contributed by atoms with E-state index in [4.69, 9.17) is 0 Å². The molecule has 0 aromatic carbocycles. The highest BCUT2D eigenvalue weighted by molar-refractivity contribution is 5.75. The molecule has 0 atom stereocenters. The summed E-state index contributed by atoms with van der Waals surface area (Å²) in [5, 5.41) is 3.05. The van der Waals surface area contributed by atoms with E-state index in [1.807, 2.05) is 31.2 Å². The molecular formula is C30H47N3O. The molecular weight excluding hydrogens is 418 g/mol. The summed E-state index contributed by atoms with van der Waals surface area (Å²) in [5.41, 5.74) is 3.93. The van der Waals surface area contributed by atoms with Gasteiger partial charge in [0, 0.05) is 25.4 Å². The zero-order valence-electron chi connectivity index (χ0n) is 21.8. The summed E-state index contributed by atoms with van der Waals surface area (Å²) >= 11 is 0. The van der Waals surface area contributed by atoms with Crippen LogP contribution in [-0.4, -0.2) is 15.9 Å². The second-order valence-corrected chi connectivity index (χ2v) is 9.74. The first-order chi connectivity index (χ1) is 16.7. The van der Waals surface area contributed by atoms with Crippen LogP contribution in [0.4, 0.5) is 0 Å². The van der Waals surface area contributed by atoms with E-state index >= 15 is 0 Å². The maximum atomic E-state index is 12.2. The van der Waals surface area contributed by atoms with Gasteiger partial charge in [-0.05, 0) is 48.7 Å². The van der Waals surface area contributed by atoms with Crippen molar-refractivity contribution >= 4 is 5.91 Å². The second-order valence-electron chi connectivity index (χ2n) is 9.74. The Morgan fingerprint density at radius 1 is 0.706 bits per heavy atom. The number of nitrogens with one attached hydrogen (secondary N) is 1. The molecule has 34 heavy (non-hydrogen) atoms. The van der Waals surface area contributed by atoms with Gasteiger partial charge in [-0.15, -0.1) is 0 Å². The zero-order valence-corrected chi connectivity index (χ0v) is 21.8. The highest BCUT2D eigenvalue weighted by Gasteiger charge is 2.05. The Morgan fingerprint density at radius 3 is 1.76 bits per heavy atom. The Bertz CT molecular complexity index is 805.